The average Bonchev–Trinajstić information content (AvgIpc) is 3.06. The van der Waals surface area contributed by atoms with E-state index in [1.807, 2.05) is 18.2 Å². The van der Waals surface area contributed by atoms with E-state index >= 15 is 0 Å². The lowest BCUT2D eigenvalue weighted by molar-refractivity contribution is -0.121. The predicted molar refractivity (Wildman–Crippen MR) is 102 cm³/mol. The Balaban J connectivity index is 1.63. The fourth-order valence-corrected chi connectivity index (χ4v) is 3.75. The number of rotatable bonds is 4. The van der Waals surface area contributed by atoms with E-state index in [4.69, 9.17) is 4.74 Å². The first-order chi connectivity index (χ1) is 14.3. The normalized spacial score (nSPS) is 19.4. The molecular weight excluding hydrogens is 374 g/mol. The van der Waals surface area contributed by atoms with Gasteiger partial charge in [0, 0.05) is 37.8 Å². The number of fused-ring (bicyclic) bond motifs is 2. The summed E-state index contributed by atoms with van der Waals surface area (Å²) in [6.07, 6.45) is 2.45. The number of hydrogen-bond donors (Lipinski definition) is 1. The van der Waals surface area contributed by atoms with Crippen LogP contribution in [0.4, 0.5) is 5.82 Å². The molecule has 2 aliphatic heterocycles. The predicted octanol–water partition coefficient (Wildman–Crippen LogP) is 0.519. The van der Waals surface area contributed by atoms with Crippen molar-refractivity contribution in [1.82, 2.24) is 30.2 Å². The Kier molecular flexibility index (Phi) is 4.34. The molecule has 1 N–H and O–H groups in total. The van der Waals surface area contributed by atoms with E-state index in [0.717, 1.165) is 31.6 Å². The van der Waals surface area contributed by atoms with E-state index in [-0.39, 0.29) is 17.5 Å². The van der Waals surface area contributed by atoms with Crippen molar-refractivity contribution >= 4 is 29.2 Å². The van der Waals surface area contributed by atoms with Gasteiger partial charge in [-0.05, 0) is 24.3 Å². The monoisotopic (exact) mass is 391 g/mol. The molecule has 146 valence electrons. The highest BCUT2D eigenvalue weighted by Crippen LogP contribution is 2.38. The lowest BCUT2D eigenvalue weighted by Gasteiger charge is -2.36. The van der Waals surface area contributed by atoms with Crippen molar-refractivity contribution in [1.29, 1.82) is 0 Å². The number of ether oxygens (including phenoxy) is 1. The van der Waals surface area contributed by atoms with E-state index < -0.39 is 6.17 Å². The Morgan fingerprint density at radius 3 is 2.83 bits per heavy atom. The van der Waals surface area contributed by atoms with Crippen LogP contribution in [-0.2, 0) is 4.79 Å². The third kappa shape index (κ3) is 2.98. The number of piperazine rings is 1. The zero-order valence-electron chi connectivity index (χ0n) is 15.4. The number of anilines is 1. The molecule has 1 unspecified atom stereocenters. The number of nitrogens with zero attached hydrogens (tertiary/aromatic N) is 6. The molecular formula is C19H17N7O3. The maximum Gasteiger partial charge on any atom is 0.299 e. The minimum atomic E-state index is -0.490. The maximum absolute atomic E-state index is 13.3. The zero-order valence-corrected chi connectivity index (χ0v) is 15.4. The Morgan fingerprint density at radius 1 is 1.14 bits per heavy atom. The van der Waals surface area contributed by atoms with Gasteiger partial charge in [0.2, 0.25) is 5.88 Å². The van der Waals surface area contributed by atoms with Crippen LogP contribution >= 0.6 is 0 Å². The minimum Gasteiger partial charge on any atom is -0.408 e. The standard InChI is InChI=1S/C19H17N7O3/c27-11-29-14-10-22-16-15(24-14)18(25-8-6-20-7-9-25)26(19(16)28)13-4-3-12-2-1-5-21-17(12)23-13/h1-5,10-11,18,20H,6-9H2. The molecule has 0 bridgehead atoms. The number of carbonyl (C=O) groups is 2. The molecule has 0 spiro atoms. The molecule has 5 heterocycles. The van der Waals surface area contributed by atoms with Crippen molar-refractivity contribution in [3.63, 3.8) is 0 Å². The molecule has 5 rings (SSSR count). The minimum absolute atomic E-state index is 0.0571. The first-order valence-corrected chi connectivity index (χ1v) is 9.23. The highest BCUT2D eigenvalue weighted by atomic mass is 16.5. The van der Waals surface area contributed by atoms with Gasteiger partial charge in [0.25, 0.3) is 12.4 Å². The second kappa shape index (κ2) is 7.15. The van der Waals surface area contributed by atoms with Gasteiger partial charge in [-0.25, -0.2) is 19.9 Å². The van der Waals surface area contributed by atoms with Crippen molar-refractivity contribution in [2.75, 3.05) is 31.1 Å². The van der Waals surface area contributed by atoms with Crippen molar-refractivity contribution < 1.29 is 14.3 Å². The van der Waals surface area contributed by atoms with Crippen LogP contribution in [0.2, 0.25) is 0 Å². The third-order valence-corrected chi connectivity index (χ3v) is 5.05. The van der Waals surface area contributed by atoms with E-state index in [2.05, 4.69) is 30.2 Å². The van der Waals surface area contributed by atoms with Gasteiger partial charge < -0.3 is 10.1 Å². The number of pyridine rings is 2. The van der Waals surface area contributed by atoms with Gasteiger partial charge in [0.1, 0.15) is 17.7 Å². The van der Waals surface area contributed by atoms with Gasteiger partial charge in [-0.1, -0.05) is 0 Å². The largest absolute Gasteiger partial charge is 0.408 e. The van der Waals surface area contributed by atoms with Crippen molar-refractivity contribution in [2.24, 2.45) is 0 Å². The molecule has 1 amide bonds. The Hall–Kier alpha value is -3.50. The van der Waals surface area contributed by atoms with Crippen LogP contribution in [0.15, 0.2) is 36.7 Å². The number of amides is 1. The van der Waals surface area contributed by atoms with E-state index in [0.29, 0.717) is 23.6 Å². The summed E-state index contributed by atoms with van der Waals surface area (Å²) >= 11 is 0. The second-order valence-electron chi connectivity index (χ2n) is 6.71. The fraction of sp³-hybridized carbons (Fsp3) is 0.263. The molecule has 10 heteroatoms. The maximum atomic E-state index is 13.3. The lowest BCUT2D eigenvalue weighted by atomic mass is 10.2. The van der Waals surface area contributed by atoms with Gasteiger partial charge in [0.05, 0.1) is 6.20 Å². The second-order valence-corrected chi connectivity index (χ2v) is 6.71. The van der Waals surface area contributed by atoms with Crippen LogP contribution in [-0.4, -0.2) is 63.4 Å². The third-order valence-electron chi connectivity index (χ3n) is 5.05. The van der Waals surface area contributed by atoms with Gasteiger partial charge in [0.15, 0.2) is 11.3 Å². The van der Waals surface area contributed by atoms with Crippen LogP contribution in [0.25, 0.3) is 11.0 Å². The highest BCUT2D eigenvalue weighted by molar-refractivity contribution is 6.09. The summed E-state index contributed by atoms with van der Waals surface area (Å²) in [6.45, 7) is 3.32. The zero-order chi connectivity index (χ0) is 19.8. The number of carbonyl (C=O) groups excluding carboxylic acids is 2. The lowest BCUT2D eigenvalue weighted by Crippen LogP contribution is -2.49. The summed E-state index contributed by atoms with van der Waals surface area (Å²) in [4.78, 5) is 45.3. The van der Waals surface area contributed by atoms with Crippen LogP contribution in [0.1, 0.15) is 22.3 Å². The van der Waals surface area contributed by atoms with E-state index in [1.165, 1.54) is 6.20 Å². The molecule has 0 saturated carbocycles. The molecule has 0 radical (unpaired) electrons. The molecule has 0 aromatic carbocycles. The van der Waals surface area contributed by atoms with Crippen LogP contribution in [0, 0.1) is 0 Å². The molecule has 1 saturated heterocycles. The molecule has 2 aliphatic rings. The van der Waals surface area contributed by atoms with Crippen molar-refractivity contribution in [3.8, 4) is 5.88 Å². The Bertz CT molecular complexity index is 1100. The summed E-state index contributed by atoms with van der Waals surface area (Å²) in [7, 11) is 0. The number of nitrogens with one attached hydrogen (secondary N) is 1. The molecule has 3 aromatic rings. The molecule has 1 fully saturated rings. The van der Waals surface area contributed by atoms with E-state index in [1.54, 1.807) is 17.2 Å². The highest BCUT2D eigenvalue weighted by Gasteiger charge is 2.45. The van der Waals surface area contributed by atoms with Gasteiger partial charge >= 0.3 is 0 Å². The first-order valence-electron chi connectivity index (χ1n) is 9.23. The van der Waals surface area contributed by atoms with Crippen LogP contribution < -0.4 is 15.0 Å². The summed E-state index contributed by atoms with van der Waals surface area (Å²) in [6, 6.07) is 7.44. The smallest absolute Gasteiger partial charge is 0.299 e. The van der Waals surface area contributed by atoms with Gasteiger partial charge in [-0.15, -0.1) is 0 Å². The Morgan fingerprint density at radius 2 is 2.00 bits per heavy atom. The SMILES string of the molecule is O=COc1cnc2c(n1)C(N1CCNCC1)N(c1ccc3cccnc3n1)C2=O. The summed E-state index contributed by atoms with van der Waals surface area (Å²) < 4.78 is 4.86. The topological polar surface area (TPSA) is 113 Å². The summed E-state index contributed by atoms with van der Waals surface area (Å²) in [5.41, 5.74) is 1.24. The molecule has 0 aliphatic carbocycles. The number of aromatic nitrogens is 4. The molecule has 1 atom stereocenters. The molecule has 29 heavy (non-hydrogen) atoms. The Labute approximate surface area is 165 Å². The summed E-state index contributed by atoms with van der Waals surface area (Å²) in [5.74, 6) is 0.237. The number of hydrogen-bond acceptors (Lipinski definition) is 9. The van der Waals surface area contributed by atoms with Crippen LogP contribution in [0.3, 0.4) is 0 Å². The quantitative estimate of drug-likeness (QED) is 0.636. The van der Waals surface area contributed by atoms with Crippen LogP contribution in [0.5, 0.6) is 5.88 Å². The summed E-state index contributed by atoms with van der Waals surface area (Å²) in [5, 5.41) is 4.19. The van der Waals surface area contributed by atoms with Gasteiger partial charge in [-0.2, -0.15) is 0 Å². The van der Waals surface area contributed by atoms with Gasteiger partial charge in [-0.3, -0.25) is 19.4 Å². The van der Waals surface area contributed by atoms with Crippen molar-refractivity contribution in [2.45, 2.75) is 6.17 Å². The molecule has 3 aromatic heterocycles. The molecule has 10 nitrogen and oxygen atoms in total. The van der Waals surface area contributed by atoms with Crippen molar-refractivity contribution in [3.05, 3.63) is 48.0 Å². The fourth-order valence-electron chi connectivity index (χ4n) is 3.75. The first kappa shape index (κ1) is 17.6. The average molecular weight is 391 g/mol. The van der Waals surface area contributed by atoms with E-state index in [9.17, 15) is 9.59 Å².